The second kappa shape index (κ2) is 9.40. The fourth-order valence-corrected chi connectivity index (χ4v) is 4.25. The van der Waals surface area contributed by atoms with Gasteiger partial charge in [-0.2, -0.15) is 11.8 Å². The minimum atomic E-state index is 0.0424. The summed E-state index contributed by atoms with van der Waals surface area (Å²) in [4.78, 5) is 18.0. The molecule has 0 radical (unpaired) electrons. The van der Waals surface area contributed by atoms with Gasteiger partial charge in [-0.15, -0.1) is 0 Å². The Bertz CT molecular complexity index is 407. The number of hydrogen-bond acceptors (Lipinski definition) is 3. The van der Waals surface area contributed by atoms with Crippen LogP contribution in [-0.2, 0) is 4.79 Å². The molecule has 2 rings (SSSR count). The number of thioether (sulfide) groups is 1. The quantitative estimate of drug-likeness (QED) is 0.608. The number of nitrogens with zero attached hydrogens (tertiary/aromatic N) is 2. The van der Waals surface area contributed by atoms with Crippen molar-refractivity contribution in [3.8, 4) is 0 Å². The van der Waals surface area contributed by atoms with Crippen molar-refractivity contribution in [3.05, 3.63) is 0 Å². The van der Waals surface area contributed by atoms with E-state index in [1.807, 2.05) is 11.8 Å². The lowest BCUT2D eigenvalue weighted by atomic mass is 9.86. The summed E-state index contributed by atoms with van der Waals surface area (Å²) < 4.78 is 0. The monoisotopic (exact) mass is 340 g/mol. The maximum atomic E-state index is 11.9. The summed E-state index contributed by atoms with van der Waals surface area (Å²) in [6, 6.07) is 0.939. The van der Waals surface area contributed by atoms with E-state index in [1.54, 1.807) is 19.0 Å². The van der Waals surface area contributed by atoms with E-state index in [1.165, 1.54) is 44.3 Å². The standard InChI is InChI=1S/C17H32N4OS/c1-13-7-4-5-9-15(13)20-17(18-11-16(22)21(2)3)19-14-8-6-10-23-12-14/h13-15H,4-12H2,1-3H3,(H2,18,19,20). The van der Waals surface area contributed by atoms with Crippen LogP contribution >= 0.6 is 11.8 Å². The molecular formula is C17H32N4OS. The third-order valence-electron chi connectivity index (χ3n) is 4.81. The van der Waals surface area contributed by atoms with Gasteiger partial charge in [0.2, 0.25) is 5.91 Å². The number of likely N-dealkylation sites (N-methyl/N-ethyl adjacent to an activating group) is 1. The van der Waals surface area contributed by atoms with E-state index in [9.17, 15) is 4.79 Å². The van der Waals surface area contributed by atoms with Crippen LogP contribution in [0.5, 0.6) is 0 Å². The molecule has 1 aliphatic heterocycles. The Morgan fingerprint density at radius 1 is 1.17 bits per heavy atom. The van der Waals surface area contributed by atoms with Crippen molar-refractivity contribution in [1.82, 2.24) is 15.5 Å². The smallest absolute Gasteiger partial charge is 0.243 e. The molecule has 2 aliphatic rings. The summed E-state index contributed by atoms with van der Waals surface area (Å²) in [6.07, 6.45) is 7.54. The second-order valence-corrected chi connectivity index (χ2v) is 8.17. The zero-order chi connectivity index (χ0) is 16.7. The van der Waals surface area contributed by atoms with Gasteiger partial charge in [-0.1, -0.05) is 19.8 Å². The highest BCUT2D eigenvalue weighted by molar-refractivity contribution is 7.99. The van der Waals surface area contributed by atoms with E-state index >= 15 is 0 Å². The Morgan fingerprint density at radius 3 is 2.61 bits per heavy atom. The first-order chi connectivity index (χ1) is 11.1. The molecule has 1 aliphatic carbocycles. The third kappa shape index (κ3) is 6.24. The van der Waals surface area contributed by atoms with Crippen LogP contribution in [0.4, 0.5) is 0 Å². The molecule has 1 saturated carbocycles. The van der Waals surface area contributed by atoms with E-state index in [0.717, 1.165) is 11.7 Å². The van der Waals surface area contributed by atoms with Gasteiger partial charge in [-0.3, -0.25) is 4.79 Å². The number of carbonyl (C=O) groups excluding carboxylic acids is 1. The number of hydrogen-bond donors (Lipinski definition) is 2. The fraction of sp³-hybridized carbons (Fsp3) is 0.882. The highest BCUT2D eigenvalue weighted by Crippen LogP contribution is 2.23. The Morgan fingerprint density at radius 2 is 1.96 bits per heavy atom. The summed E-state index contributed by atoms with van der Waals surface area (Å²) in [7, 11) is 3.55. The molecule has 3 unspecified atom stereocenters. The third-order valence-corrected chi connectivity index (χ3v) is 6.02. The molecule has 0 aromatic carbocycles. The van der Waals surface area contributed by atoms with Crippen molar-refractivity contribution in [2.45, 2.75) is 57.5 Å². The predicted octanol–water partition coefficient (Wildman–Crippen LogP) is 2.08. The van der Waals surface area contributed by atoms with Crippen LogP contribution in [0, 0.1) is 5.92 Å². The van der Waals surface area contributed by atoms with Crippen LogP contribution in [0.2, 0.25) is 0 Å². The number of guanidine groups is 1. The van der Waals surface area contributed by atoms with Crippen LogP contribution < -0.4 is 10.6 Å². The molecule has 0 aromatic heterocycles. The van der Waals surface area contributed by atoms with Gasteiger partial charge in [0.15, 0.2) is 5.96 Å². The zero-order valence-electron chi connectivity index (χ0n) is 14.8. The van der Waals surface area contributed by atoms with Crippen molar-refractivity contribution in [1.29, 1.82) is 0 Å². The van der Waals surface area contributed by atoms with Crippen LogP contribution in [0.15, 0.2) is 4.99 Å². The van der Waals surface area contributed by atoms with Crippen LogP contribution in [0.1, 0.15) is 45.4 Å². The molecule has 0 bridgehead atoms. The minimum Gasteiger partial charge on any atom is -0.353 e. The molecule has 1 saturated heterocycles. The highest BCUT2D eigenvalue weighted by Gasteiger charge is 2.23. The largest absolute Gasteiger partial charge is 0.353 e. The summed E-state index contributed by atoms with van der Waals surface area (Å²) in [5, 5.41) is 7.17. The van der Waals surface area contributed by atoms with E-state index in [0.29, 0.717) is 18.0 Å². The molecule has 23 heavy (non-hydrogen) atoms. The molecule has 0 aromatic rings. The molecule has 2 N–H and O–H groups in total. The lowest BCUT2D eigenvalue weighted by molar-refractivity contribution is -0.127. The lowest BCUT2D eigenvalue weighted by Gasteiger charge is -2.32. The first-order valence-electron chi connectivity index (χ1n) is 8.91. The molecule has 6 heteroatoms. The van der Waals surface area contributed by atoms with E-state index in [2.05, 4.69) is 22.5 Å². The van der Waals surface area contributed by atoms with Gasteiger partial charge in [0, 0.05) is 31.9 Å². The van der Waals surface area contributed by atoms with Crippen molar-refractivity contribution >= 4 is 23.6 Å². The lowest BCUT2D eigenvalue weighted by Crippen LogP contribution is -2.51. The topological polar surface area (TPSA) is 56.7 Å². The molecule has 5 nitrogen and oxygen atoms in total. The van der Waals surface area contributed by atoms with Gasteiger partial charge < -0.3 is 15.5 Å². The van der Waals surface area contributed by atoms with Crippen molar-refractivity contribution < 1.29 is 4.79 Å². The minimum absolute atomic E-state index is 0.0424. The normalized spacial score (nSPS) is 29.0. The summed E-state index contributed by atoms with van der Waals surface area (Å²) in [6.45, 7) is 2.53. The van der Waals surface area contributed by atoms with Crippen molar-refractivity contribution in [3.63, 3.8) is 0 Å². The summed E-state index contributed by atoms with van der Waals surface area (Å²) >= 11 is 2.00. The van der Waals surface area contributed by atoms with Crippen LogP contribution in [-0.4, -0.2) is 61.0 Å². The number of nitrogens with one attached hydrogen (secondary N) is 2. The Labute approximate surface area is 145 Å². The van der Waals surface area contributed by atoms with Crippen molar-refractivity contribution in [2.75, 3.05) is 32.1 Å². The molecule has 3 atom stereocenters. The first kappa shape index (κ1) is 18.4. The maximum absolute atomic E-state index is 11.9. The molecule has 132 valence electrons. The Kier molecular flexibility index (Phi) is 7.53. The first-order valence-corrected chi connectivity index (χ1v) is 10.1. The molecule has 2 fully saturated rings. The van der Waals surface area contributed by atoms with E-state index in [4.69, 9.17) is 0 Å². The summed E-state index contributed by atoms with van der Waals surface area (Å²) in [5.41, 5.74) is 0. The molecule has 0 spiro atoms. The van der Waals surface area contributed by atoms with Gasteiger partial charge in [0.1, 0.15) is 6.54 Å². The Balaban J connectivity index is 1.97. The van der Waals surface area contributed by atoms with E-state index in [-0.39, 0.29) is 12.5 Å². The molecular weight excluding hydrogens is 308 g/mol. The average molecular weight is 341 g/mol. The second-order valence-electron chi connectivity index (χ2n) is 7.02. The summed E-state index contributed by atoms with van der Waals surface area (Å²) in [5.74, 6) is 3.92. The van der Waals surface area contributed by atoms with Gasteiger partial charge in [-0.05, 0) is 37.4 Å². The van der Waals surface area contributed by atoms with Gasteiger partial charge >= 0.3 is 0 Å². The van der Waals surface area contributed by atoms with Crippen molar-refractivity contribution in [2.24, 2.45) is 10.9 Å². The number of aliphatic imine (C=N–C) groups is 1. The molecule has 1 heterocycles. The van der Waals surface area contributed by atoms with E-state index < -0.39 is 0 Å². The number of amides is 1. The Hall–Kier alpha value is -0.910. The van der Waals surface area contributed by atoms with Gasteiger partial charge in [0.25, 0.3) is 0 Å². The van der Waals surface area contributed by atoms with Gasteiger partial charge in [0.05, 0.1) is 0 Å². The van der Waals surface area contributed by atoms with Crippen LogP contribution in [0.25, 0.3) is 0 Å². The maximum Gasteiger partial charge on any atom is 0.243 e. The zero-order valence-corrected chi connectivity index (χ0v) is 15.6. The SMILES string of the molecule is CC1CCCCC1NC(=NCC(=O)N(C)C)NC1CCCSC1. The van der Waals surface area contributed by atoms with Crippen LogP contribution in [0.3, 0.4) is 0 Å². The average Bonchev–Trinajstić information content (AvgIpc) is 2.55. The van der Waals surface area contributed by atoms with Gasteiger partial charge in [-0.25, -0.2) is 4.99 Å². The molecule has 1 amide bonds. The predicted molar refractivity (Wildman–Crippen MR) is 99.0 cm³/mol. The highest BCUT2D eigenvalue weighted by atomic mass is 32.2. The fourth-order valence-electron chi connectivity index (χ4n) is 3.18. The number of carbonyl (C=O) groups is 1. The number of rotatable bonds is 4.